The predicted octanol–water partition coefficient (Wildman–Crippen LogP) is 4.05. The second-order valence-corrected chi connectivity index (χ2v) is 6.71. The van der Waals surface area contributed by atoms with Crippen LogP contribution in [0.5, 0.6) is 5.75 Å². The van der Waals surface area contributed by atoms with Crippen LogP contribution >= 0.6 is 12.4 Å². The molecule has 0 spiro atoms. The Balaban J connectivity index is 0.00000208. The van der Waals surface area contributed by atoms with Crippen LogP contribution in [0.1, 0.15) is 35.7 Å². The normalized spacial score (nSPS) is 21.0. The van der Waals surface area contributed by atoms with Crippen LogP contribution in [0, 0.1) is 0 Å². The van der Waals surface area contributed by atoms with Crippen molar-refractivity contribution in [2.45, 2.75) is 25.2 Å². The number of benzene rings is 2. The highest BCUT2D eigenvalue weighted by atomic mass is 35.5. The van der Waals surface area contributed by atoms with Crippen molar-refractivity contribution < 1.29 is 9.90 Å². The van der Waals surface area contributed by atoms with Crippen molar-refractivity contribution in [1.82, 2.24) is 4.90 Å². The molecule has 1 fully saturated rings. The zero-order valence-corrected chi connectivity index (χ0v) is 14.8. The Morgan fingerprint density at radius 2 is 1.79 bits per heavy atom. The van der Waals surface area contributed by atoms with Gasteiger partial charge in [0.2, 0.25) is 0 Å². The first-order valence-electron chi connectivity index (χ1n) is 8.17. The van der Waals surface area contributed by atoms with E-state index in [1.54, 1.807) is 12.1 Å². The minimum absolute atomic E-state index is 0. The van der Waals surface area contributed by atoms with Crippen LogP contribution in [0.4, 0.5) is 0 Å². The third-order valence-electron chi connectivity index (χ3n) is 4.80. The predicted molar refractivity (Wildman–Crippen MR) is 99.2 cm³/mol. The number of rotatable bonds is 4. The van der Waals surface area contributed by atoms with Crippen LogP contribution in [-0.4, -0.2) is 35.4 Å². The smallest absolute Gasteiger partial charge is 0.176 e. The molecule has 2 aromatic carbocycles. The van der Waals surface area contributed by atoms with Crippen LogP contribution in [0.2, 0.25) is 0 Å². The summed E-state index contributed by atoms with van der Waals surface area (Å²) in [4.78, 5) is 14.7. The molecule has 2 aromatic rings. The van der Waals surface area contributed by atoms with Crippen molar-refractivity contribution >= 4 is 18.2 Å². The standard InChI is InChI=1S/C20H23NO2.ClH/c1-20(17-8-10-18(22)11-9-17)12-5-13-21(15-20)14-19(23)16-6-3-2-4-7-16;/h2-4,6-11,22H,5,12-15H2,1H3;1H. The second-order valence-electron chi connectivity index (χ2n) is 6.71. The van der Waals surface area contributed by atoms with E-state index < -0.39 is 0 Å². The number of hydrogen-bond acceptors (Lipinski definition) is 3. The molecular weight excluding hydrogens is 322 g/mol. The van der Waals surface area contributed by atoms with Gasteiger partial charge < -0.3 is 5.11 Å². The molecule has 1 heterocycles. The van der Waals surface area contributed by atoms with Crippen LogP contribution in [0.25, 0.3) is 0 Å². The van der Waals surface area contributed by atoms with Crippen molar-refractivity contribution in [3.63, 3.8) is 0 Å². The fraction of sp³-hybridized carbons (Fsp3) is 0.350. The third kappa shape index (κ3) is 4.16. The quantitative estimate of drug-likeness (QED) is 0.850. The molecule has 4 heteroatoms. The molecule has 1 N–H and O–H groups in total. The van der Waals surface area contributed by atoms with Crippen LogP contribution in [-0.2, 0) is 5.41 Å². The highest BCUT2D eigenvalue weighted by molar-refractivity contribution is 5.97. The number of carbonyl (C=O) groups is 1. The number of halogens is 1. The van der Waals surface area contributed by atoms with Gasteiger partial charge in [0.15, 0.2) is 5.78 Å². The maximum Gasteiger partial charge on any atom is 0.176 e. The molecule has 24 heavy (non-hydrogen) atoms. The summed E-state index contributed by atoms with van der Waals surface area (Å²) in [6.45, 7) is 4.55. The van der Waals surface area contributed by atoms with Crippen molar-refractivity contribution in [2.75, 3.05) is 19.6 Å². The van der Waals surface area contributed by atoms with E-state index in [-0.39, 0.29) is 23.6 Å². The molecule has 0 amide bonds. The number of nitrogens with zero attached hydrogens (tertiary/aromatic N) is 1. The number of phenols is 1. The molecule has 0 bridgehead atoms. The average molecular weight is 346 g/mol. The lowest BCUT2D eigenvalue weighted by atomic mass is 9.76. The van der Waals surface area contributed by atoms with E-state index in [4.69, 9.17) is 0 Å². The van der Waals surface area contributed by atoms with Gasteiger partial charge >= 0.3 is 0 Å². The Morgan fingerprint density at radius 1 is 1.12 bits per heavy atom. The van der Waals surface area contributed by atoms with E-state index >= 15 is 0 Å². The summed E-state index contributed by atoms with van der Waals surface area (Å²) < 4.78 is 0. The summed E-state index contributed by atoms with van der Waals surface area (Å²) in [5.41, 5.74) is 2.04. The maximum absolute atomic E-state index is 12.4. The van der Waals surface area contributed by atoms with Gasteiger partial charge in [-0.15, -0.1) is 12.4 Å². The van der Waals surface area contributed by atoms with Gasteiger partial charge in [0.1, 0.15) is 5.75 Å². The topological polar surface area (TPSA) is 40.5 Å². The van der Waals surface area contributed by atoms with Gasteiger partial charge in [-0.05, 0) is 37.1 Å². The van der Waals surface area contributed by atoms with Gasteiger partial charge in [-0.25, -0.2) is 0 Å². The Morgan fingerprint density at radius 3 is 2.46 bits per heavy atom. The fourth-order valence-corrected chi connectivity index (χ4v) is 3.50. The lowest BCUT2D eigenvalue weighted by Crippen LogP contribution is -2.46. The molecule has 1 unspecified atom stereocenters. The fourth-order valence-electron chi connectivity index (χ4n) is 3.50. The number of phenolic OH excluding ortho intramolecular Hbond substituents is 1. The van der Waals surface area contributed by atoms with Gasteiger partial charge in [-0.3, -0.25) is 9.69 Å². The number of aromatic hydroxyl groups is 1. The van der Waals surface area contributed by atoms with E-state index in [0.717, 1.165) is 31.5 Å². The number of piperidine rings is 1. The third-order valence-corrected chi connectivity index (χ3v) is 4.80. The Labute approximate surface area is 149 Å². The number of ketones is 1. The first-order valence-corrected chi connectivity index (χ1v) is 8.17. The summed E-state index contributed by atoms with van der Waals surface area (Å²) in [6.07, 6.45) is 2.19. The molecule has 0 saturated carbocycles. The highest BCUT2D eigenvalue weighted by Gasteiger charge is 2.33. The summed E-state index contributed by atoms with van der Waals surface area (Å²) in [5, 5.41) is 9.48. The summed E-state index contributed by atoms with van der Waals surface area (Å²) in [5.74, 6) is 0.477. The lowest BCUT2D eigenvalue weighted by Gasteiger charge is -2.40. The molecule has 1 atom stereocenters. The molecule has 1 aliphatic heterocycles. The largest absolute Gasteiger partial charge is 0.508 e. The molecule has 0 radical (unpaired) electrons. The zero-order chi connectivity index (χ0) is 16.3. The van der Waals surface area contributed by atoms with E-state index in [2.05, 4.69) is 11.8 Å². The van der Waals surface area contributed by atoms with Gasteiger partial charge in [0, 0.05) is 17.5 Å². The molecule has 1 saturated heterocycles. The number of Topliss-reactive ketones (excluding diaryl/α,β-unsaturated/α-hetero) is 1. The van der Waals surface area contributed by atoms with Gasteiger partial charge in [0.05, 0.1) is 6.54 Å². The van der Waals surface area contributed by atoms with E-state index in [0.29, 0.717) is 12.3 Å². The van der Waals surface area contributed by atoms with Crippen molar-refractivity contribution in [2.24, 2.45) is 0 Å². The first-order chi connectivity index (χ1) is 11.1. The van der Waals surface area contributed by atoms with E-state index in [1.807, 2.05) is 42.5 Å². The zero-order valence-electron chi connectivity index (χ0n) is 13.9. The van der Waals surface area contributed by atoms with Crippen molar-refractivity contribution in [3.8, 4) is 5.75 Å². The molecular formula is C20H24ClNO2. The summed E-state index contributed by atoms with van der Waals surface area (Å²) >= 11 is 0. The van der Waals surface area contributed by atoms with Crippen molar-refractivity contribution in [1.29, 1.82) is 0 Å². The van der Waals surface area contributed by atoms with E-state index in [9.17, 15) is 9.90 Å². The lowest BCUT2D eigenvalue weighted by molar-refractivity contribution is 0.0871. The SMILES string of the molecule is CC1(c2ccc(O)cc2)CCCN(CC(=O)c2ccccc2)C1.Cl. The average Bonchev–Trinajstić information content (AvgIpc) is 2.56. The molecule has 1 aliphatic rings. The number of hydrogen-bond donors (Lipinski definition) is 1. The van der Waals surface area contributed by atoms with Gasteiger partial charge in [-0.2, -0.15) is 0 Å². The minimum Gasteiger partial charge on any atom is -0.508 e. The Hall–Kier alpha value is -1.84. The summed E-state index contributed by atoms with van der Waals surface area (Å²) in [7, 11) is 0. The van der Waals surface area contributed by atoms with Gasteiger partial charge in [0.25, 0.3) is 0 Å². The second kappa shape index (κ2) is 7.82. The first kappa shape index (κ1) is 18.5. The monoisotopic (exact) mass is 345 g/mol. The molecule has 3 nitrogen and oxygen atoms in total. The van der Waals surface area contributed by atoms with Crippen LogP contribution in [0.15, 0.2) is 54.6 Å². The number of likely N-dealkylation sites (tertiary alicyclic amines) is 1. The Kier molecular flexibility index (Phi) is 6.03. The van der Waals surface area contributed by atoms with Crippen molar-refractivity contribution in [3.05, 3.63) is 65.7 Å². The van der Waals surface area contributed by atoms with Gasteiger partial charge in [-0.1, -0.05) is 49.4 Å². The molecule has 0 aromatic heterocycles. The highest BCUT2D eigenvalue weighted by Crippen LogP contribution is 2.34. The van der Waals surface area contributed by atoms with Crippen LogP contribution < -0.4 is 0 Å². The van der Waals surface area contributed by atoms with Crippen LogP contribution in [0.3, 0.4) is 0 Å². The molecule has 3 rings (SSSR count). The minimum atomic E-state index is 0. The van der Waals surface area contributed by atoms with E-state index in [1.165, 1.54) is 5.56 Å². The Bertz CT molecular complexity index is 672. The maximum atomic E-state index is 12.4. The number of carbonyl (C=O) groups excluding carboxylic acids is 1. The summed E-state index contributed by atoms with van der Waals surface area (Å²) in [6, 6.07) is 17.0. The molecule has 128 valence electrons. The molecule has 0 aliphatic carbocycles.